The average molecular weight is 469 g/mol. The number of rotatable bonds is 8. The van der Waals surface area contributed by atoms with E-state index in [-0.39, 0.29) is 30.4 Å². The van der Waals surface area contributed by atoms with E-state index in [1.54, 1.807) is 0 Å². The van der Waals surface area contributed by atoms with Gasteiger partial charge in [0, 0.05) is 30.1 Å². The lowest BCUT2D eigenvalue weighted by molar-refractivity contribution is -0.167. The molecule has 0 saturated carbocycles. The number of esters is 3. The average Bonchev–Trinajstić information content (AvgIpc) is 3.22. The zero-order chi connectivity index (χ0) is 22.5. The molecule has 2 amide bonds. The zero-order valence-corrected chi connectivity index (χ0v) is 18.4. The number of β-lactam (4-membered cyclic amide) rings is 1. The van der Waals surface area contributed by atoms with E-state index < -0.39 is 42.0 Å². The number of nitrogens with zero attached hydrogens (tertiary/aromatic N) is 1. The van der Waals surface area contributed by atoms with E-state index in [4.69, 9.17) is 9.47 Å². The summed E-state index contributed by atoms with van der Waals surface area (Å²) < 4.78 is 14.5. The topological polar surface area (TPSA) is 128 Å². The molecule has 10 nitrogen and oxygen atoms in total. The minimum atomic E-state index is -0.884. The van der Waals surface area contributed by atoms with Crippen LogP contribution in [0.5, 0.6) is 0 Å². The van der Waals surface area contributed by atoms with Gasteiger partial charge in [-0.15, -0.1) is 23.1 Å². The summed E-state index contributed by atoms with van der Waals surface area (Å²) in [4.78, 5) is 61.9. The monoisotopic (exact) mass is 468 g/mol. The van der Waals surface area contributed by atoms with Crippen LogP contribution >= 0.6 is 23.1 Å². The molecule has 1 N–H and O–H groups in total. The molecule has 1 aromatic rings. The van der Waals surface area contributed by atoms with Crippen LogP contribution in [0.3, 0.4) is 0 Å². The normalized spacial score (nSPS) is 19.8. The molecule has 1 saturated heterocycles. The number of fused-ring (bicyclic) bond motifs is 1. The van der Waals surface area contributed by atoms with Gasteiger partial charge in [0.1, 0.15) is 23.7 Å². The van der Waals surface area contributed by atoms with Gasteiger partial charge in [0.05, 0.1) is 6.42 Å². The van der Waals surface area contributed by atoms with Crippen LogP contribution in [0, 0.1) is 0 Å². The first-order valence-electron chi connectivity index (χ1n) is 9.20. The van der Waals surface area contributed by atoms with Crippen molar-refractivity contribution in [2.75, 3.05) is 19.2 Å². The fraction of sp³-hybridized carbons (Fsp3) is 0.421. The maximum atomic E-state index is 12.8. The highest BCUT2D eigenvalue weighted by Gasteiger charge is 2.54. The molecule has 166 valence electrons. The Hall–Kier alpha value is -2.86. The molecule has 1 fully saturated rings. The van der Waals surface area contributed by atoms with Gasteiger partial charge in [-0.1, -0.05) is 6.07 Å². The van der Waals surface area contributed by atoms with E-state index in [1.165, 1.54) is 34.9 Å². The molecule has 3 heterocycles. The molecule has 0 unspecified atom stereocenters. The van der Waals surface area contributed by atoms with Crippen molar-refractivity contribution in [1.82, 2.24) is 10.2 Å². The number of carbonyl (C=O) groups is 5. The Balaban J connectivity index is 1.71. The molecule has 31 heavy (non-hydrogen) atoms. The maximum absolute atomic E-state index is 12.8. The Morgan fingerprint density at radius 3 is 2.55 bits per heavy atom. The first-order chi connectivity index (χ1) is 14.8. The van der Waals surface area contributed by atoms with Gasteiger partial charge < -0.3 is 19.5 Å². The molecule has 1 aromatic heterocycles. The Bertz CT molecular complexity index is 927. The molecule has 2 atom stereocenters. The summed E-state index contributed by atoms with van der Waals surface area (Å²) in [5, 5.41) is 4.07. The number of amides is 2. The maximum Gasteiger partial charge on any atom is 0.358 e. The number of thioether (sulfide) groups is 1. The molecule has 0 aromatic carbocycles. The zero-order valence-electron chi connectivity index (χ0n) is 16.7. The second kappa shape index (κ2) is 9.96. The quantitative estimate of drug-likeness (QED) is 0.331. The van der Waals surface area contributed by atoms with E-state index in [1.807, 2.05) is 17.5 Å². The number of hydrogen-bond acceptors (Lipinski definition) is 10. The number of carbonyl (C=O) groups excluding carboxylic acids is 5. The van der Waals surface area contributed by atoms with E-state index in [2.05, 4.69) is 10.1 Å². The van der Waals surface area contributed by atoms with Gasteiger partial charge >= 0.3 is 17.9 Å². The number of ether oxygens (including phenoxy) is 3. The first kappa shape index (κ1) is 22.8. The van der Waals surface area contributed by atoms with Crippen LogP contribution in [0.1, 0.15) is 18.7 Å². The van der Waals surface area contributed by atoms with Crippen LogP contribution in [0.25, 0.3) is 0 Å². The van der Waals surface area contributed by atoms with Crippen molar-refractivity contribution in [3.63, 3.8) is 0 Å². The van der Waals surface area contributed by atoms with Gasteiger partial charge in [-0.25, -0.2) is 4.79 Å². The Labute approximate surface area is 185 Å². The number of hydrogen-bond donors (Lipinski definition) is 1. The van der Waals surface area contributed by atoms with Gasteiger partial charge in [0.2, 0.25) is 12.7 Å². The van der Waals surface area contributed by atoms with Crippen LogP contribution in [-0.2, 0) is 44.6 Å². The number of nitrogens with one attached hydrogen (secondary N) is 1. The van der Waals surface area contributed by atoms with Crippen molar-refractivity contribution in [2.45, 2.75) is 31.7 Å². The van der Waals surface area contributed by atoms with E-state index in [9.17, 15) is 24.0 Å². The lowest BCUT2D eigenvalue weighted by Gasteiger charge is -2.49. The van der Waals surface area contributed by atoms with Crippen molar-refractivity contribution in [3.05, 3.63) is 33.7 Å². The van der Waals surface area contributed by atoms with Crippen molar-refractivity contribution in [2.24, 2.45) is 0 Å². The van der Waals surface area contributed by atoms with Gasteiger partial charge in [-0.2, -0.15) is 0 Å². The van der Waals surface area contributed by atoms with E-state index >= 15 is 0 Å². The molecular formula is C19H20N2O8S2. The van der Waals surface area contributed by atoms with Crippen LogP contribution in [-0.4, -0.2) is 65.2 Å². The van der Waals surface area contributed by atoms with Crippen LogP contribution in [0.2, 0.25) is 0 Å². The minimum Gasteiger partial charge on any atom is -0.461 e. The second-order valence-electron chi connectivity index (χ2n) is 6.63. The Morgan fingerprint density at radius 2 is 1.90 bits per heavy atom. The molecule has 2 aliphatic heterocycles. The van der Waals surface area contributed by atoms with Crippen LogP contribution in [0.4, 0.5) is 0 Å². The summed E-state index contributed by atoms with van der Waals surface area (Å²) in [5.74, 6) is -2.54. The highest BCUT2D eigenvalue weighted by atomic mass is 32.2. The fourth-order valence-electron chi connectivity index (χ4n) is 3.00. The summed E-state index contributed by atoms with van der Waals surface area (Å²) in [5.41, 5.74) is 0.326. The van der Waals surface area contributed by atoms with Crippen LogP contribution in [0.15, 0.2) is 28.8 Å². The predicted molar refractivity (Wildman–Crippen MR) is 109 cm³/mol. The molecule has 0 aliphatic carbocycles. The van der Waals surface area contributed by atoms with Gasteiger partial charge in [0.15, 0.2) is 0 Å². The fourth-order valence-corrected chi connectivity index (χ4v) is 5.03. The smallest absolute Gasteiger partial charge is 0.358 e. The molecule has 2 aliphatic rings. The van der Waals surface area contributed by atoms with Gasteiger partial charge in [-0.3, -0.25) is 24.1 Å². The van der Waals surface area contributed by atoms with E-state index in [0.29, 0.717) is 5.57 Å². The molecule has 0 bridgehead atoms. The summed E-state index contributed by atoms with van der Waals surface area (Å²) in [7, 11) is 0. The van der Waals surface area contributed by atoms with E-state index in [0.717, 1.165) is 11.8 Å². The van der Waals surface area contributed by atoms with Gasteiger partial charge in [0.25, 0.3) is 5.91 Å². The highest BCUT2D eigenvalue weighted by Crippen LogP contribution is 2.40. The van der Waals surface area contributed by atoms with Crippen molar-refractivity contribution in [1.29, 1.82) is 0 Å². The standard InChI is InChI=1S/C19H20N2O8S2/c1-10(22)27-7-12-8-31-18-15(20-14(24)6-13-4-3-5-30-13)17(25)21(18)16(12)19(26)29-9-28-11(2)23/h3-5,15,18H,6-9H2,1-2H3,(H,20,24)/t15-,18-/m1/s1. The first-order valence-corrected chi connectivity index (χ1v) is 11.1. The van der Waals surface area contributed by atoms with Crippen molar-refractivity contribution in [3.8, 4) is 0 Å². The van der Waals surface area contributed by atoms with Crippen molar-refractivity contribution >= 4 is 52.8 Å². The lowest BCUT2D eigenvalue weighted by atomic mass is 10.0. The second-order valence-corrected chi connectivity index (χ2v) is 8.77. The molecule has 0 spiro atoms. The van der Waals surface area contributed by atoms with Crippen molar-refractivity contribution < 1.29 is 38.2 Å². The lowest BCUT2D eigenvalue weighted by Crippen LogP contribution is -2.70. The third kappa shape index (κ3) is 5.44. The minimum absolute atomic E-state index is 0.0640. The summed E-state index contributed by atoms with van der Waals surface area (Å²) in [6.07, 6.45) is 0.156. The Kier molecular flexibility index (Phi) is 7.33. The predicted octanol–water partition coefficient (Wildman–Crippen LogP) is 0.572. The van der Waals surface area contributed by atoms with Gasteiger partial charge in [-0.05, 0) is 11.4 Å². The summed E-state index contributed by atoms with van der Waals surface area (Å²) >= 11 is 2.78. The highest BCUT2D eigenvalue weighted by molar-refractivity contribution is 8.00. The molecule has 12 heteroatoms. The molecule has 0 radical (unpaired) electrons. The number of thiophene rings is 1. The third-order valence-electron chi connectivity index (χ3n) is 4.37. The summed E-state index contributed by atoms with van der Waals surface area (Å²) in [6, 6.07) is 2.88. The SMILES string of the molecule is CC(=O)OCOC(=O)C1=C(COC(C)=O)CS[C@@H]2[C@H](NC(=O)Cc3cccs3)C(=O)N12. The Morgan fingerprint density at radius 1 is 1.16 bits per heavy atom. The summed E-state index contributed by atoms with van der Waals surface area (Å²) in [6.45, 7) is 1.59. The van der Waals surface area contributed by atoms with Crippen LogP contribution < -0.4 is 5.32 Å². The third-order valence-corrected chi connectivity index (χ3v) is 6.59. The molecular weight excluding hydrogens is 448 g/mol. The largest absolute Gasteiger partial charge is 0.461 e. The molecule has 3 rings (SSSR count).